The Balaban J connectivity index is 1.47. The highest BCUT2D eigenvalue weighted by atomic mass is 16.1. The zero-order chi connectivity index (χ0) is 20.0. The monoisotopic (exact) mass is 383 g/mol. The van der Waals surface area contributed by atoms with Crippen LogP contribution in [0, 0.1) is 0 Å². The van der Waals surface area contributed by atoms with Crippen molar-refractivity contribution >= 4 is 22.5 Å². The molecule has 1 aromatic carbocycles. The molecule has 6 nitrogen and oxygen atoms in total. The van der Waals surface area contributed by atoms with Gasteiger partial charge >= 0.3 is 0 Å². The fourth-order valence-electron chi connectivity index (χ4n) is 3.76. The highest BCUT2D eigenvalue weighted by Gasteiger charge is 2.27. The first kappa shape index (κ1) is 17.6. The second kappa shape index (κ2) is 6.81. The van der Waals surface area contributed by atoms with Crippen molar-refractivity contribution < 1.29 is 4.79 Å². The number of ketones is 1. The second-order valence-corrected chi connectivity index (χ2v) is 7.67. The Morgan fingerprint density at radius 2 is 2.07 bits per heavy atom. The summed E-state index contributed by atoms with van der Waals surface area (Å²) in [6.07, 6.45) is 6.36. The summed E-state index contributed by atoms with van der Waals surface area (Å²) < 4.78 is 1.82. The minimum atomic E-state index is 0.0143. The molecule has 6 heteroatoms. The third-order valence-electron chi connectivity index (χ3n) is 5.36. The molecule has 3 heterocycles. The van der Waals surface area contributed by atoms with Crippen LogP contribution in [-0.4, -0.2) is 25.5 Å². The van der Waals surface area contributed by atoms with Crippen molar-refractivity contribution in [3.63, 3.8) is 0 Å². The van der Waals surface area contributed by atoms with Gasteiger partial charge in [-0.15, -0.1) is 0 Å². The summed E-state index contributed by atoms with van der Waals surface area (Å²) in [5.74, 6) is 1.02. The van der Waals surface area contributed by atoms with Gasteiger partial charge in [0.25, 0.3) is 0 Å². The molecule has 1 fully saturated rings. The van der Waals surface area contributed by atoms with Crippen LogP contribution in [0.2, 0.25) is 0 Å². The van der Waals surface area contributed by atoms with Crippen molar-refractivity contribution in [2.24, 2.45) is 7.05 Å². The molecule has 0 saturated heterocycles. The van der Waals surface area contributed by atoms with Gasteiger partial charge in [0, 0.05) is 36.8 Å². The SMILES string of the molecule is Cn1cc2cc(CC(=O)c3cccc(-c4ccc(N)nc4)n3)c(C3CC3)cc2n1. The Morgan fingerprint density at radius 1 is 1.21 bits per heavy atom. The number of hydrogen-bond acceptors (Lipinski definition) is 5. The number of carbonyl (C=O) groups excluding carboxylic acids is 1. The van der Waals surface area contributed by atoms with Gasteiger partial charge in [-0.1, -0.05) is 6.07 Å². The summed E-state index contributed by atoms with van der Waals surface area (Å²) in [5, 5.41) is 5.58. The van der Waals surface area contributed by atoms with E-state index in [0.717, 1.165) is 22.0 Å². The van der Waals surface area contributed by atoms with E-state index in [1.165, 1.54) is 18.4 Å². The Hall–Kier alpha value is -3.54. The van der Waals surface area contributed by atoms with Crippen LogP contribution in [0.5, 0.6) is 0 Å². The number of nitrogens with two attached hydrogens (primary N) is 1. The van der Waals surface area contributed by atoms with E-state index in [2.05, 4.69) is 27.2 Å². The first-order valence-electron chi connectivity index (χ1n) is 9.75. The highest BCUT2D eigenvalue weighted by Crippen LogP contribution is 2.43. The van der Waals surface area contributed by atoms with Crippen molar-refractivity contribution in [2.45, 2.75) is 25.2 Å². The Kier molecular flexibility index (Phi) is 4.12. The molecule has 0 unspecified atom stereocenters. The van der Waals surface area contributed by atoms with E-state index < -0.39 is 0 Å². The molecule has 29 heavy (non-hydrogen) atoms. The van der Waals surface area contributed by atoms with Crippen LogP contribution in [0.25, 0.3) is 22.2 Å². The van der Waals surface area contributed by atoms with Gasteiger partial charge in [-0.25, -0.2) is 9.97 Å². The summed E-state index contributed by atoms with van der Waals surface area (Å²) in [5.41, 5.74) is 11.0. The maximum absolute atomic E-state index is 13.1. The molecule has 4 aromatic rings. The number of benzene rings is 1. The molecule has 0 spiro atoms. The maximum Gasteiger partial charge on any atom is 0.185 e. The lowest BCUT2D eigenvalue weighted by Gasteiger charge is -2.09. The number of fused-ring (bicyclic) bond motifs is 1. The summed E-state index contributed by atoms with van der Waals surface area (Å²) in [6.45, 7) is 0. The summed E-state index contributed by atoms with van der Waals surface area (Å²) in [6, 6.07) is 13.4. The summed E-state index contributed by atoms with van der Waals surface area (Å²) in [4.78, 5) is 21.8. The van der Waals surface area contributed by atoms with Crippen molar-refractivity contribution in [3.8, 4) is 11.3 Å². The van der Waals surface area contributed by atoms with E-state index >= 15 is 0 Å². The third kappa shape index (κ3) is 3.49. The van der Waals surface area contributed by atoms with Gasteiger partial charge < -0.3 is 5.73 Å². The van der Waals surface area contributed by atoms with E-state index in [-0.39, 0.29) is 5.78 Å². The van der Waals surface area contributed by atoms with Crippen LogP contribution in [0.3, 0.4) is 0 Å². The van der Waals surface area contributed by atoms with Crippen molar-refractivity contribution in [3.05, 3.63) is 71.7 Å². The van der Waals surface area contributed by atoms with Gasteiger partial charge in [0.2, 0.25) is 0 Å². The molecule has 0 radical (unpaired) electrons. The lowest BCUT2D eigenvalue weighted by Crippen LogP contribution is -2.08. The second-order valence-electron chi connectivity index (χ2n) is 7.67. The number of carbonyl (C=O) groups is 1. The van der Waals surface area contributed by atoms with Crippen molar-refractivity contribution in [1.29, 1.82) is 0 Å². The summed E-state index contributed by atoms with van der Waals surface area (Å²) >= 11 is 0. The molecule has 1 saturated carbocycles. The normalized spacial score (nSPS) is 13.7. The maximum atomic E-state index is 13.1. The number of aryl methyl sites for hydroxylation is 1. The molecule has 1 aliphatic rings. The highest BCUT2D eigenvalue weighted by molar-refractivity contribution is 5.97. The Labute approximate surface area is 168 Å². The Bertz CT molecular complexity index is 1220. The number of nitrogens with zero attached hydrogens (tertiary/aromatic N) is 4. The molecule has 5 rings (SSSR count). The van der Waals surface area contributed by atoms with Gasteiger partial charge in [0.05, 0.1) is 11.2 Å². The van der Waals surface area contributed by atoms with Crippen LogP contribution in [-0.2, 0) is 13.5 Å². The average Bonchev–Trinajstić information content (AvgIpc) is 3.49. The smallest absolute Gasteiger partial charge is 0.185 e. The molecule has 2 N–H and O–H groups in total. The fraction of sp³-hybridized carbons (Fsp3) is 0.217. The Morgan fingerprint density at radius 3 is 2.83 bits per heavy atom. The van der Waals surface area contributed by atoms with Crippen LogP contribution < -0.4 is 5.73 Å². The van der Waals surface area contributed by atoms with Gasteiger partial charge in [-0.3, -0.25) is 9.48 Å². The quantitative estimate of drug-likeness (QED) is 0.528. The minimum absolute atomic E-state index is 0.0143. The molecular weight excluding hydrogens is 362 g/mol. The number of hydrogen-bond donors (Lipinski definition) is 1. The third-order valence-corrected chi connectivity index (χ3v) is 5.36. The lowest BCUT2D eigenvalue weighted by molar-refractivity contribution is 0.0988. The predicted molar refractivity (Wildman–Crippen MR) is 113 cm³/mol. The number of nitrogen functional groups attached to an aromatic ring is 1. The molecule has 3 aromatic heterocycles. The average molecular weight is 383 g/mol. The molecule has 0 atom stereocenters. The number of rotatable bonds is 5. The van der Waals surface area contributed by atoms with E-state index in [0.29, 0.717) is 29.5 Å². The number of anilines is 1. The first-order chi connectivity index (χ1) is 14.1. The van der Waals surface area contributed by atoms with E-state index in [9.17, 15) is 4.79 Å². The van der Waals surface area contributed by atoms with Gasteiger partial charge in [0.15, 0.2) is 5.78 Å². The largest absolute Gasteiger partial charge is 0.384 e. The zero-order valence-electron chi connectivity index (χ0n) is 16.2. The van der Waals surface area contributed by atoms with Gasteiger partial charge in [0.1, 0.15) is 11.5 Å². The summed E-state index contributed by atoms with van der Waals surface area (Å²) in [7, 11) is 1.92. The van der Waals surface area contributed by atoms with E-state index in [1.807, 2.05) is 36.1 Å². The first-order valence-corrected chi connectivity index (χ1v) is 9.75. The van der Waals surface area contributed by atoms with Crippen molar-refractivity contribution in [1.82, 2.24) is 19.7 Å². The number of aromatic nitrogens is 4. The molecule has 0 bridgehead atoms. The minimum Gasteiger partial charge on any atom is -0.384 e. The lowest BCUT2D eigenvalue weighted by atomic mass is 9.96. The fourth-order valence-corrected chi connectivity index (χ4v) is 3.76. The zero-order valence-corrected chi connectivity index (χ0v) is 16.2. The van der Waals surface area contributed by atoms with Crippen LogP contribution in [0.1, 0.15) is 40.4 Å². The number of pyridine rings is 2. The van der Waals surface area contributed by atoms with Crippen LogP contribution >= 0.6 is 0 Å². The molecule has 1 aliphatic carbocycles. The molecular formula is C23H21N5O. The topological polar surface area (TPSA) is 86.7 Å². The molecule has 0 amide bonds. The van der Waals surface area contributed by atoms with E-state index in [1.54, 1.807) is 18.3 Å². The van der Waals surface area contributed by atoms with Gasteiger partial charge in [-0.05, 0) is 66.3 Å². The van der Waals surface area contributed by atoms with Crippen molar-refractivity contribution in [2.75, 3.05) is 5.73 Å². The van der Waals surface area contributed by atoms with Crippen LogP contribution in [0.4, 0.5) is 5.82 Å². The molecule has 144 valence electrons. The van der Waals surface area contributed by atoms with Crippen LogP contribution in [0.15, 0.2) is 54.9 Å². The standard InChI is InChI=1S/C23H21N5O/c1-28-13-17-9-16(18(14-5-6-14)11-21(17)27-28)10-22(29)20-4-2-3-19(26-20)15-7-8-23(24)25-12-15/h2-4,7-9,11-14H,5-6,10H2,1H3,(H2,24,25). The molecule has 0 aliphatic heterocycles. The number of Topliss-reactive ketones (excluding diaryl/α,β-unsaturated/α-hetero) is 1. The van der Waals surface area contributed by atoms with Gasteiger partial charge in [-0.2, -0.15) is 5.10 Å². The van der Waals surface area contributed by atoms with E-state index in [4.69, 9.17) is 5.73 Å². The predicted octanol–water partition coefficient (Wildman–Crippen LogP) is 3.92.